The van der Waals surface area contributed by atoms with E-state index in [2.05, 4.69) is 15.6 Å². The minimum absolute atomic E-state index is 0.0441. The van der Waals surface area contributed by atoms with Gasteiger partial charge in [-0.15, -0.1) is 0 Å². The van der Waals surface area contributed by atoms with Gasteiger partial charge in [-0.2, -0.15) is 0 Å². The zero-order valence-electron chi connectivity index (χ0n) is 18.9. The first-order valence-corrected chi connectivity index (χ1v) is 11.2. The lowest BCUT2D eigenvalue weighted by molar-refractivity contribution is -0.00103. The molecule has 7 nitrogen and oxygen atoms in total. The number of guanidine groups is 1. The van der Waals surface area contributed by atoms with E-state index < -0.39 is 29.7 Å². The smallest absolute Gasteiger partial charge is 0.197 e. The van der Waals surface area contributed by atoms with Crippen LogP contribution in [-0.4, -0.2) is 48.3 Å². The third-order valence-corrected chi connectivity index (χ3v) is 6.44. The molecule has 2 N–H and O–H groups in total. The monoisotopic (exact) mass is 473 g/mol. The lowest BCUT2D eigenvalue weighted by Gasteiger charge is -2.41. The zero-order valence-corrected chi connectivity index (χ0v) is 18.9. The van der Waals surface area contributed by atoms with Crippen LogP contribution in [0.1, 0.15) is 41.8 Å². The molecule has 0 radical (unpaired) electrons. The van der Waals surface area contributed by atoms with E-state index in [0.29, 0.717) is 23.9 Å². The number of benzene rings is 1. The van der Waals surface area contributed by atoms with Crippen LogP contribution >= 0.6 is 0 Å². The van der Waals surface area contributed by atoms with Crippen molar-refractivity contribution < 1.29 is 22.6 Å². The summed E-state index contributed by atoms with van der Waals surface area (Å²) >= 11 is 0. The molecule has 4 heterocycles. The lowest BCUT2D eigenvalue weighted by atomic mass is 9.99. The maximum Gasteiger partial charge on any atom is 0.197 e. The summed E-state index contributed by atoms with van der Waals surface area (Å²) in [4.78, 5) is 10.8. The first-order chi connectivity index (χ1) is 16.4. The first-order valence-electron chi connectivity index (χ1n) is 11.2. The number of ether oxygens (including phenoxy) is 2. The van der Waals surface area contributed by atoms with E-state index in [0.717, 1.165) is 36.2 Å². The number of fused-ring (bicyclic) bond motifs is 1. The molecule has 10 heteroatoms. The predicted octanol–water partition coefficient (Wildman–Crippen LogP) is 3.45. The Morgan fingerprint density at radius 3 is 2.59 bits per heavy atom. The van der Waals surface area contributed by atoms with Crippen molar-refractivity contribution in [2.24, 2.45) is 4.99 Å². The van der Waals surface area contributed by atoms with Crippen molar-refractivity contribution in [2.45, 2.75) is 44.1 Å². The van der Waals surface area contributed by atoms with Crippen LogP contribution in [0.5, 0.6) is 0 Å². The number of rotatable bonds is 3. The van der Waals surface area contributed by atoms with Gasteiger partial charge in [-0.05, 0) is 62.2 Å². The largest absolute Gasteiger partial charge is 0.491 e. The number of aryl methyl sites for hydroxylation is 1. The van der Waals surface area contributed by atoms with E-state index in [4.69, 9.17) is 14.5 Å². The molecule has 0 bridgehead atoms. The fraction of sp³-hybridized carbons (Fsp3) is 0.417. The van der Waals surface area contributed by atoms with Crippen molar-refractivity contribution in [1.82, 2.24) is 20.5 Å². The predicted molar refractivity (Wildman–Crippen MR) is 119 cm³/mol. The molecule has 0 saturated carbocycles. The molecule has 0 amide bonds. The van der Waals surface area contributed by atoms with Gasteiger partial charge in [0.25, 0.3) is 0 Å². The van der Waals surface area contributed by atoms with Crippen LogP contribution in [0.25, 0.3) is 0 Å². The number of morpholine rings is 1. The molecule has 0 spiro atoms. The van der Waals surface area contributed by atoms with Crippen LogP contribution in [-0.2, 0) is 9.47 Å². The molecule has 3 aliphatic heterocycles. The minimum Gasteiger partial charge on any atom is -0.491 e. The van der Waals surface area contributed by atoms with Gasteiger partial charge in [0, 0.05) is 18.1 Å². The topological polar surface area (TPSA) is 71.0 Å². The molecule has 1 aromatic carbocycles. The second-order valence-corrected chi connectivity index (χ2v) is 8.80. The van der Waals surface area contributed by atoms with Gasteiger partial charge in [0.15, 0.2) is 35.3 Å². The number of halogens is 3. The number of hydrogen-bond acceptors (Lipinski definition) is 7. The van der Waals surface area contributed by atoms with Gasteiger partial charge in [-0.25, -0.2) is 18.2 Å². The van der Waals surface area contributed by atoms with E-state index in [-0.39, 0.29) is 18.8 Å². The Balaban J connectivity index is 1.24. The van der Waals surface area contributed by atoms with E-state index in [1.165, 1.54) is 0 Å². The van der Waals surface area contributed by atoms with E-state index in [1.807, 2.05) is 24.0 Å². The molecule has 180 valence electrons. The zero-order chi connectivity index (χ0) is 23.8. The van der Waals surface area contributed by atoms with Crippen molar-refractivity contribution in [3.05, 3.63) is 76.7 Å². The summed E-state index contributed by atoms with van der Waals surface area (Å²) in [7, 11) is 1.79. The van der Waals surface area contributed by atoms with Gasteiger partial charge < -0.3 is 20.1 Å². The number of hydrogen-bond donors (Lipinski definition) is 2. The number of aromatic nitrogens is 1. The fourth-order valence-corrected chi connectivity index (χ4v) is 4.58. The second-order valence-electron chi connectivity index (χ2n) is 8.80. The highest BCUT2D eigenvalue weighted by Gasteiger charge is 2.36. The van der Waals surface area contributed by atoms with Gasteiger partial charge in [-0.1, -0.05) is 0 Å². The standard InChI is InChI=1S/C24H26F3N5O2/c1-13-7-14(5-6-28-13)20-4-3-16(11-33-20)30-24-29-10-21-23(31-24)32(2)19(12-34-21)15-8-17(25)22(27)18(26)9-15/h5-10,16,19-20,23H,3-4,11-12H2,1-2H3,(H2,29,30,31)/t16-,19?,20+,23?/m1/s1. The highest BCUT2D eigenvalue weighted by atomic mass is 19.2. The Morgan fingerprint density at radius 1 is 1.09 bits per heavy atom. The molecule has 0 aliphatic carbocycles. The number of pyridine rings is 1. The van der Waals surface area contributed by atoms with Crippen molar-refractivity contribution >= 4 is 5.96 Å². The minimum atomic E-state index is -1.48. The molecule has 4 atom stereocenters. The summed E-state index contributed by atoms with van der Waals surface area (Å²) in [6, 6.07) is 5.62. The number of likely N-dealkylation sites (N-methyl/N-ethyl adjacent to an activating group) is 1. The van der Waals surface area contributed by atoms with Gasteiger partial charge in [0.2, 0.25) is 0 Å². The van der Waals surface area contributed by atoms with Crippen LogP contribution in [0, 0.1) is 24.4 Å². The average molecular weight is 473 g/mol. The Bertz CT molecular complexity index is 1110. The van der Waals surface area contributed by atoms with E-state index in [1.54, 1.807) is 19.4 Å². The molecule has 2 unspecified atom stereocenters. The first kappa shape index (κ1) is 22.7. The van der Waals surface area contributed by atoms with Crippen molar-refractivity contribution in [3.63, 3.8) is 0 Å². The number of nitrogens with zero attached hydrogens (tertiary/aromatic N) is 3. The van der Waals surface area contributed by atoms with Crippen LogP contribution in [0.3, 0.4) is 0 Å². The Morgan fingerprint density at radius 2 is 1.88 bits per heavy atom. The van der Waals surface area contributed by atoms with Crippen LogP contribution < -0.4 is 10.6 Å². The van der Waals surface area contributed by atoms with E-state index in [9.17, 15) is 13.2 Å². The molecule has 1 aromatic heterocycles. The highest BCUT2D eigenvalue weighted by molar-refractivity contribution is 5.82. The van der Waals surface area contributed by atoms with Crippen LogP contribution in [0.2, 0.25) is 0 Å². The molecular formula is C24H26F3N5O2. The third-order valence-electron chi connectivity index (χ3n) is 6.44. The summed E-state index contributed by atoms with van der Waals surface area (Å²) in [5.41, 5.74) is 2.39. The molecule has 2 saturated heterocycles. The maximum absolute atomic E-state index is 13.8. The van der Waals surface area contributed by atoms with Gasteiger partial charge >= 0.3 is 0 Å². The molecule has 34 heavy (non-hydrogen) atoms. The molecule has 2 aromatic rings. The van der Waals surface area contributed by atoms with Crippen molar-refractivity contribution in [2.75, 3.05) is 20.3 Å². The molecule has 2 fully saturated rings. The number of aliphatic imine (C=N–C) groups is 1. The average Bonchev–Trinajstić information content (AvgIpc) is 2.83. The quantitative estimate of drug-likeness (QED) is 0.666. The van der Waals surface area contributed by atoms with Crippen LogP contribution in [0.4, 0.5) is 13.2 Å². The highest BCUT2D eigenvalue weighted by Crippen LogP contribution is 2.33. The summed E-state index contributed by atoms with van der Waals surface area (Å²) in [6.07, 6.45) is 4.85. The molecule has 5 rings (SSSR count). The van der Waals surface area contributed by atoms with Crippen molar-refractivity contribution in [3.8, 4) is 0 Å². The molecular weight excluding hydrogens is 447 g/mol. The Hall–Kier alpha value is -3.11. The van der Waals surface area contributed by atoms with Gasteiger partial charge in [-0.3, -0.25) is 9.88 Å². The second kappa shape index (κ2) is 9.27. The summed E-state index contributed by atoms with van der Waals surface area (Å²) < 4.78 is 52.8. The van der Waals surface area contributed by atoms with Gasteiger partial charge in [0.05, 0.1) is 24.8 Å². The van der Waals surface area contributed by atoms with Crippen molar-refractivity contribution in [1.29, 1.82) is 0 Å². The fourth-order valence-electron chi connectivity index (χ4n) is 4.58. The van der Waals surface area contributed by atoms with E-state index >= 15 is 0 Å². The van der Waals surface area contributed by atoms with Crippen LogP contribution in [0.15, 0.2) is 47.4 Å². The van der Waals surface area contributed by atoms with Gasteiger partial charge in [0.1, 0.15) is 6.61 Å². The number of nitrogens with one attached hydrogen (secondary N) is 2. The molecule has 3 aliphatic rings. The summed E-state index contributed by atoms with van der Waals surface area (Å²) in [5, 5.41) is 6.49. The Kier molecular flexibility index (Phi) is 6.18. The summed E-state index contributed by atoms with van der Waals surface area (Å²) in [5.74, 6) is -2.77. The maximum atomic E-state index is 13.8. The third kappa shape index (κ3) is 4.47. The Labute approximate surface area is 195 Å². The summed E-state index contributed by atoms with van der Waals surface area (Å²) in [6.45, 7) is 2.65. The lowest BCUT2D eigenvalue weighted by Crippen LogP contribution is -2.51. The SMILES string of the molecule is Cc1cc([C@@H]2CC[C@@H](NC3=NC4C(=CN3)OCC(c3cc(F)c(F)c(F)c3)N4C)CO2)ccn1. The normalized spacial score (nSPS) is 27.1.